The second-order valence-corrected chi connectivity index (χ2v) is 3.24. The van der Waals surface area contributed by atoms with Gasteiger partial charge in [0.05, 0.1) is 14.2 Å². The van der Waals surface area contributed by atoms with Crippen molar-refractivity contribution in [3.8, 4) is 0 Å². The van der Waals surface area contributed by atoms with Crippen molar-refractivity contribution in [3.63, 3.8) is 0 Å². The highest BCUT2D eigenvalue weighted by molar-refractivity contribution is 5.69. The number of ether oxygens (including phenoxy) is 2. The third-order valence-electron chi connectivity index (χ3n) is 2.09. The van der Waals surface area contributed by atoms with Crippen molar-refractivity contribution in [1.29, 1.82) is 0 Å². The lowest BCUT2D eigenvalue weighted by atomic mass is 10.6. The van der Waals surface area contributed by atoms with E-state index in [1.165, 1.54) is 0 Å². The van der Waals surface area contributed by atoms with Gasteiger partial charge in [-0.15, -0.1) is 4.68 Å². The van der Waals surface area contributed by atoms with Crippen LogP contribution < -0.4 is 5.69 Å². The Hall–Kier alpha value is -2.72. The summed E-state index contributed by atoms with van der Waals surface area (Å²) in [5.74, 6) is -2.53. The zero-order valence-electron chi connectivity index (χ0n) is 10.1. The summed E-state index contributed by atoms with van der Waals surface area (Å²) in [6.45, 7) is -1.27. The van der Waals surface area contributed by atoms with Gasteiger partial charge in [-0.25, -0.2) is 9.59 Å². The molecule has 0 N–H and O–H groups in total. The molecule has 0 amide bonds. The van der Waals surface area contributed by atoms with Gasteiger partial charge in [-0.1, -0.05) is 0 Å². The molecule has 0 bridgehead atoms. The third-order valence-corrected chi connectivity index (χ3v) is 2.09. The van der Waals surface area contributed by atoms with Crippen LogP contribution in [0.1, 0.15) is 0 Å². The Morgan fingerprint density at radius 3 is 2.26 bits per heavy atom. The van der Waals surface area contributed by atoms with Gasteiger partial charge >= 0.3 is 23.6 Å². The summed E-state index contributed by atoms with van der Waals surface area (Å²) in [5, 5.41) is 14.1. The molecule has 11 nitrogen and oxygen atoms in total. The van der Waals surface area contributed by atoms with Crippen molar-refractivity contribution in [2.24, 2.45) is 0 Å². The first-order valence-corrected chi connectivity index (χ1v) is 4.86. The first-order valence-electron chi connectivity index (χ1n) is 4.86. The number of methoxy groups -OCH3 is 2. The average Bonchev–Trinajstić information content (AvgIpc) is 2.67. The van der Waals surface area contributed by atoms with Crippen LogP contribution in [0.5, 0.6) is 0 Å². The first-order chi connectivity index (χ1) is 8.90. The lowest BCUT2D eigenvalue weighted by Crippen LogP contribution is -2.30. The maximum Gasteiger partial charge on any atom is 0.460 e. The van der Waals surface area contributed by atoms with Crippen molar-refractivity contribution in [1.82, 2.24) is 14.3 Å². The van der Waals surface area contributed by atoms with Gasteiger partial charge in [-0.3, -0.25) is 4.79 Å². The van der Waals surface area contributed by atoms with Gasteiger partial charge in [-0.05, 0) is 4.92 Å². The van der Waals surface area contributed by atoms with E-state index >= 15 is 0 Å². The highest BCUT2D eigenvalue weighted by Gasteiger charge is 2.27. The number of nitrogens with zero attached hydrogens (tertiary/aromatic N) is 4. The third kappa shape index (κ3) is 3.14. The lowest BCUT2D eigenvalue weighted by molar-refractivity contribution is -0.397. The van der Waals surface area contributed by atoms with Crippen molar-refractivity contribution in [2.75, 3.05) is 14.2 Å². The minimum Gasteiger partial charge on any atom is -0.468 e. The molecule has 11 heteroatoms. The van der Waals surface area contributed by atoms with Crippen LogP contribution in [0, 0.1) is 10.1 Å². The van der Waals surface area contributed by atoms with Crippen LogP contribution in [0.3, 0.4) is 0 Å². The van der Waals surface area contributed by atoms with E-state index in [0.29, 0.717) is 9.25 Å². The maximum absolute atomic E-state index is 11.7. The van der Waals surface area contributed by atoms with Crippen LogP contribution in [0.25, 0.3) is 0 Å². The summed E-state index contributed by atoms with van der Waals surface area (Å²) in [6.07, 6.45) is 0. The molecule has 0 saturated heterocycles. The quantitative estimate of drug-likeness (QED) is 0.352. The normalized spacial score (nSPS) is 10.0. The topological polar surface area (TPSA) is 136 Å². The molecule has 0 fully saturated rings. The van der Waals surface area contributed by atoms with Gasteiger partial charge < -0.3 is 19.6 Å². The summed E-state index contributed by atoms with van der Waals surface area (Å²) < 4.78 is 9.65. The van der Waals surface area contributed by atoms with E-state index in [4.69, 9.17) is 0 Å². The summed E-state index contributed by atoms with van der Waals surface area (Å²) in [4.78, 5) is 43.6. The van der Waals surface area contributed by atoms with E-state index < -0.39 is 41.6 Å². The monoisotopic (exact) mass is 274 g/mol. The highest BCUT2D eigenvalue weighted by atomic mass is 16.6. The van der Waals surface area contributed by atoms with E-state index in [1.54, 1.807) is 0 Å². The summed E-state index contributed by atoms with van der Waals surface area (Å²) >= 11 is 0. The smallest absolute Gasteiger partial charge is 0.460 e. The number of aromatic nitrogens is 3. The van der Waals surface area contributed by atoms with Gasteiger partial charge in [0.1, 0.15) is 0 Å². The molecular formula is C8H10N4O7. The van der Waals surface area contributed by atoms with Gasteiger partial charge in [0, 0.05) is 5.10 Å². The minimum atomic E-state index is -0.984. The molecule has 1 aromatic rings. The van der Waals surface area contributed by atoms with Gasteiger partial charge in [0.25, 0.3) is 0 Å². The van der Waals surface area contributed by atoms with Crippen LogP contribution in [0.4, 0.5) is 5.95 Å². The molecule has 0 aliphatic carbocycles. The number of rotatable bonds is 5. The number of carbonyl (C=O) groups is 2. The first kappa shape index (κ1) is 14.3. The molecule has 19 heavy (non-hydrogen) atoms. The fourth-order valence-electron chi connectivity index (χ4n) is 1.19. The molecule has 104 valence electrons. The molecule has 0 saturated carbocycles. The van der Waals surface area contributed by atoms with E-state index in [2.05, 4.69) is 14.6 Å². The Morgan fingerprint density at radius 2 is 1.79 bits per heavy atom. The Bertz CT molecular complexity index is 572. The van der Waals surface area contributed by atoms with Crippen LogP contribution in [0.15, 0.2) is 4.79 Å². The SMILES string of the molecule is COC(=O)Cn1nc([N+](=O)[O-])n(CC(=O)OC)c1=O. The van der Waals surface area contributed by atoms with Crippen LogP contribution in [0.2, 0.25) is 0 Å². The van der Waals surface area contributed by atoms with Gasteiger partial charge in [-0.2, -0.15) is 4.57 Å². The molecule has 0 aliphatic heterocycles. The Kier molecular flexibility index (Phi) is 4.34. The largest absolute Gasteiger partial charge is 0.468 e. The number of nitro groups is 1. The van der Waals surface area contributed by atoms with Crippen molar-refractivity contribution in [3.05, 3.63) is 20.6 Å². The predicted octanol–water partition coefficient (Wildman–Crippen LogP) is -1.70. The van der Waals surface area contributed by atoms with E-state index in [0.717, 1.165) is 14.2 Å². The van der Waals surface area contributed by atoms with Crippen LogP contribution >= 0.6 is 0 Å². The average molecular weight is 274 g/mol. The molecule has 1 rings (SSSR count). The predicted molar refractivity (Wildman–Crippen MR) is 57.2 cm³/mol. The Morgan fingerprint density at radius 1 is 1.26 bits per heavy atom. The Labute approximate surface area is 105 Å². The van der Waals surface area contributed by atoms with Crippen LogP contribution in [-0.2, 0) is 32.2 Å². The standard InChI is InChI=1S/C8H10N4O7/c1-18-5(13)3-10-7(12(16)17)9-11(8(10)15)4-6(14)19-2/h3-4H2,1-2H3. The van der Waals surface area contributed by atoms with E-state index in [9.17, 15) is 24.5 Å². The fourth-order valence-corrected chi connectivity index (χ4v) is 1.19. The molecule has 0 aliphatic rings. The Balaban J connectivity index is 3.20. The molecular weight excluding hydrogens is 264 g/mol. The summed E-state index contributed by atoms with van der Waals surface area (Å²) in [7, 11) is 2.16. The molecule has 0 radical (unpaired) electrons. The van der Waals surface area contributed by atoms with E-state index in [-0.39, 0.29) is 0 Å². The molecule has 1 heterocycles. The molecule has 0 unspecified atom stereocenters. The van der Waals surface area contributed by atoms with E-state index in [1.807, 2.05) is 0 Å². The number of hydrogen-bond acceptors (Lipinski definition) is 8. The minimum absolute atomic E-state index is 0.495. The van der Waals surface area contributed by atoms with Crippen molar-refractivity contribution >= 4 is 17.9 Å². The van der Waals surface area contributed by atoms with Crippen molar-refractivity contribution in [2.45, 2.75) is 13.1 Å². The molecule has 1 aromatic heterocycles. The molecule has 0 spiro atoms. The summed E-state index contributed by atoms with van der Waals surface area (Å²) in [5.41, 5.74) is -0.984. The second kappa shape index (κ2) is 5.75. The lowest BCUT2D eigenvalue weighted by Gasteiger charge is -1.97. The van der Waals surface area contributed by atoms with Crippen LogP contribution in [-0.4, -0.2) is 45.4 Å². The molecule has 0 aromatic carbocycles. The highest BCUT2D eigenvalue weighted by Crippen LogP contribution is 2.04. The fraction of sp³-hybridized carbons (Fsp3) is 0.500. The van der Waals surface area contributed by atoms with Gasteiger partial charge in [0.15, 0.2) is 13.1 Å². The van der Waals surface area contributed by atoms with Gasteiger partial charge in [0.2, 0.25) is 0 Å². The zero-order valence-corrected chi connectivity index (χ0v) is 10.1. The molecule has 0 atom stereocenters. The summed E-state index contributed by atoms with van der Waals surface area (Å²) in [6, 6.07) is 0. The number of esters is 2. The van der Waals surface area contributed by atoms with Crippen molar-refractivity contribution < 1.29 is 24.0 Å². The zero-order chi connectivity index (χ0) is 14.6. The number of hydrogen-bond donors (Lipinski definition) is 0. The number of carbonyl (C=O) groups excluding carboxylic acids is 2. The second-order valence-electron chi connectivity index (χ2n) is 3.24. The maximum atomic E-state index is 11.7.